The standard InChI is InChI=1S/C15H23O2/c1-9-5-10-6-13(2,3)7-11(10)14(4)8-12(16)15(9,14)17/h5,10-12,16-17H,1,6-8H2,2-4H3/t10-,11+,12-,14-,15-/m1/s1. The minimum absolute atomic E-state index is 0.170. The van der Waals surface area contributed by atoms with Gasteiger partial charge in [0.25, 0.3) is 0 Å². The summed E-state index contributed by atoms with van der Waals surface area (Å²) in [5.41, 5.74) is -0.135. The molecule has 5 atom stereocenters. The molecular weight excluding hydrogens is 212 g/mol. The molecule has 3 rings (SSSR count). The Morgan fingerprint density at radius 3 is 2.47 bits per heavy atom. The number of fused-ring (bicyclic) bond motifs is 3. The largest absolute Gasteiger partial charge is 0.390 e. The van der Waals surface area contributed by atoms with Gasteiger partial charge in [0.15, 0.2) is 0 Å². The van der Waals surface area contributed by atoms with E-state index in [1.54, 1.807) is 0 Å². The first-order valence-corrected chi connectivity index (χ1v) is 6.65. The highest BCUT2D eigenvalue weighted by Crippen LogP contribution is 2.67. The van der Waals surface area contributed by atoms with Gasteiger partial charge in [0, 0.05) is 5.41 Å². The van der Waals surface area contributed by atoms with Crippen LogP contribution in [0.1, 0.15) is 40.0 Å². The van der Waals surface area contributed by atoms with Gasteiger partial charge < -0.3 is 10.2 Å². The van der Waals surface area contributed by atoms with Crippen LogP contribution in [0.15, 0.2) is 11.6 Å². The van der Waals surface area contributed by atoms with Crippen LogP contribution >= 0.6 is 0 Å². The van der Waals surface area contributed by atoms with Crippen LogP contribution in [0.25, 0.3) is 0 Å². The Hall–Kier alpha value is -0.340. The van der Waals surface area contributed by atoms with Crippen molar-refractivity contribution in [2.75, 3.05) is 0 Å². The maximum absolute atomic E-state index is 10.8. The lowest BCUT2D eigenvalue weighted by molar-refractivity contribution is -0.246. The molecule has 0 heterocycles. The Morgan fingerprint density at radius 1 is 1.24 bits per heavy atom. The summed E-state index contributed by atoms with van der Waals surface area (Å²) in [6.07, 6.45) is 4.55. The van der Waals surface area contributed by atoms with Crippen LogP contribution in [-0.4, -0.2) is 21.9 Å². The second-order valence-corrected chi connectivity index (χ2v) is 7.44. The molecule has 0 unspecified atom stereocenters. The van der Waals surface area contributed by atoms with E-state index >= 15 is 0 Å². The summed E-state index contributed by atoms with van der Waals surface area (Å²) in [7, 11) is 0. The molecule has 95 valence electrons. The number of aliphatic hydroxyl groups is 2. The van der Waals surface area contributed by atoms with Crippen molar-refractivity contribution in [3.05, 3.63) is 18.6 Å². The highest BCUT2D eigenvalue weighted by molar-refractivity contribution is 5.38. The number of hydrogen-bond acceptors (Lipinski definition) is 2. The first-order chi connectivity index (χ1) is 7.71. The van der Waals surface area contributed by atoms with E-state index in [0.29, 0.717) is 23.7 Å². The zero-order chi connectivity index (χ0) is 12.6. The zero-order valence-corrected chi connectivity index (χ0v) is 11.0. The Labute approximate surface area is 104 Å². The Kier molecular flexibility index (Phi) is 2.05. The summed E-state index contributed by atoms with van der Waals surface area (Å²) in [4.78, 5) is 0. The highest BCUT2D eigenvalue weighted by atomic mass is 16.3. The highest BCUT2D eigenvalue weighted by Gasteiger charge is 2.69. The average Bonchev–Trinajstić information content (AvgIpc) is 2.51. The number of aliphatic hydroxyl groups excluding tert-OH is 1. The molecular formula is C15H23O2. The van der Waals surface area contributed by atoms with Gasteiger partial charge in [-0.2, -0.15) is 0 Å². The van der Waals surface area contributed by atoms with Crippen molar-refractivity contribution in [1.29, 1.82) is 0 Å². The summed E-state index contributed by atoms with van der Waals surface area (Å²) in [6, 6.07) is 0. The molecule has 0 aromatic heterocycles. The van der Waals surface area contributed by atoms with E-state index in [0.717, 1.165) is 12.0 Å². The summed E-state index contributed by atoms with van der Waals surface area (Å²) in [5, 5.41) is 20.7. The van der Waals surface area contributed by atoms with Crippen LogP contribution in [-0.2, 0) is 0 Å². The molecule has 2 N–H and O–H groups in total. The molecule has 0 aromatic rings. The molecule has 17 heavy (non-hydrogen) atoms. The fourth-order valence-corrected chi connectivity index (χ4v) is 4.84. The van der Waals surface area contributed by atoms with Gasteiger partial charge >= 0.3 is 0 Å². The first kappa shape index (κ1) is 11.7. The minimum Gasteiger partial charge on any atom is -0.390 e. The maximum Gasteiger partial charge on any atom is 0.117 e. The van der Waals surface area contributed by atoms with Crippen molar-refractivity contribution in [1.82, 2.24) is 0 Å². The Balaban J connectivity index is 2.05. The van der Waals surface area contributed by atoms with Gasteiger partial charge in [0.2, 0.25) is 0 Å². The normalized spacial score (nSPS) is 55.6. The zero-order valence-electron chi connectivity index (χ0n) is 11.0. The number of hydrogen-bond donors (Lipinski definition) is 2. The molecule has 0 spiro atoms. The summed E-state index contributed by atoms with van der Waals surface area (Å²) >= 11 is 0. The molecule has 3 aliphatic rings. The topological polar surface area (TPSA) is 40.5 Å². The van der Waals surface area contributed by atoms with Gasteiger partial charge in [-0.15, -0.1) is 0 Å². The third-order valence-electron chi connectivity index (χ3n) is 5.77. The fourth-order valence-electron chi connectivity index (χ4n) is 4.84. The predicted molar refractivity (Wildman–Crippen MR) is 67.1 cm³/mol. The number of allylic oxidation sites excluding steroid dienone is 1. The van der Waals surface area contributed by atoms with Gasteiger partial charge in [-0.05, 0) is 49.0 Å². The van der Waals surface area contributed by atoms with E-state index in [1.807, 2.05) is 0 Å². The van der Waals surface area contributed by atoms with E-state index in [4.69, 9.17) is 0 Å². The molecule has 2 fully saturated rings. The van der Waals surface area contributed by atoms with Gasteiger partial charge in [-0.1, -0.05) is 26.8 Å². The SMILES string of the molecule is [CH2]C1=C[C@@H]2CC(C)(C)C[C@@H]2[C@@]2(C)C[C@@H](O)[C@]12O. The second-order valence-electron chi connectivity index (χ2n) is 7.44. The van der Waals surface area contributed by atoms with Crippen molar-refractivity contribution in [3.8, 4) is 0 Å². The molecule has 2 heteroatoms. The molecule has 0 bridgehead atoms. The molecule has 0 amide bonds. The van der Waals surface area contributed by atoms with Crippen molar-refractivity contribution in [3.63, 3.8) is 0 Å². The van der Waals surface area contributed by atoms with E-state index in [1.165, 1.54) is 6.42 Å². The third kappa shape index (κ3) is 1.18. The van der Waals surface area contributed by atoms with Crippen LogP contribution in [0.3, 0.4) is 0 Å². The summed E-state index contributed by atoms with van der Waals surface area (Å²) in [5.74, 6) is 1.03. The molecule has 1 radical (unpaired) electrons. The Bertz CT molecular complexity index is 398. The molecule has 2 nitrogen and oxygen atoms in total. The number of rotatable bonds is 0. The van der Waals surface area contributed by atoms with Gasteiger partial charge in [-0.25, -0.2) is 0 Å². The lowest BCUT2D eigenvalue weighted by atomic mass is 9.44. The summed E-state index contributed by atoms with van der Waals surface area (Å²) in [6.45, 7) is 10.8. The Morgan fingerprint density at radius 2 is 1.88 bits per heavy atom. The van der Waals surface area contributed by atoms with Crippen molar-refractivity contribution >= 4 is 0 Å². The summed E-state index contributed by atoms with van der Waals surface area (Å²) < 4.78 is 0. The average molecular weight is 235 g/mol. The third-order valence-corrected chi connectivity index (χ3v) is 5.77. The van der Waals surface area contributed by atoms with E-state index in [9.17, 15) is 10.2 Å². The van der Waals surface area contributed by atoms with Crippen LogP contribution < -0.4 is 0 Å². The van der Waals surface area contributed by atoms with E-state index in [-0.39, 0.29) is 5.41 Å². The van der Waals surface area contributed by atoms with Crippen LogP contribution in [0.2, 0.25) is 0 Å². The van der Waals surface area contributed by atoms with Crippen LogP contribution in [0.5, 0.6) is 0 Å². The lowest BCUT2D eigenvalue weighted by Crippen LogP contribution is -2.71. The van der Waals surface area contributed by atoms with Crippen LogP contribution in [0, 0.1) is 29.6 Å². The second kappa shape index (κ2) is 2.97. The van der Waals surface area contributed by atoms with Crippen molar-refractivity contribution in [2.24, 2.45) is 22.7 Å². The lowest BCUT2D eigenvalue weighted by Gasteiger charge is -2.64. The van der Waals surface area contributed by atoms with Crippen molar-refractivity contribution < 1.29 is 10.2 Å². The quantitative estimate of drug-likeness (QED) is 0.676. The van der Waals surface area contributed by atoms with Gasteiger partial charge in [0.05, 0.1) is 6.10 Å². The molecule has 0 aliphatic heterocycles. The molecule has 0 aromatic carbocycles. The molecule has 0 saturated heterocycles. The minimum atomic E-state index is -1.06. The van der Waals surface area contributed by atoms with Gasteiger partial charge in [-0.3, -0.25) is 0 Å². The smallest absolute Gasteiger partial charge is 0.117 e. The predicted octanol–water partition coefficient (Wildman–Crippen LogP) is 2.31. The van der Waals surface area contributed by atoms with Crippen LogP contribution in [0.4, 0.5) is 0 Å². The fraction of sp³-hybridized carbons (Fsp3) is 0.800. The van der Waals surface area contributed by atoms with Gasteiger partial charge in [0.1, 0.15) is 5.60 Å². The van der Waals surface area contributed by atoms with E-state index < -0.39 is 11.7 Å². The molecule has 3 aliphatic carbocycles. The monoisotopic (exact) mass is 235 g/mol. The molecule has 2 saturated carbocycles. The maximum atomic E-state index is 10.8. The van der Waals surface area contributed by atoms with E-state index in [2.05, 4.69) is 33.8 Å². The first-order valence-electron chi connectivity index (χ1n) is 6.65. The van der Waals surface area contributed by atoms with Crippen molar-refractivity contribution in [2.45, 2.75) is 51.7 Å².